The molecule has 0 aromatic heterocycles. The van der Waals surface area contributed by atoms with Gasteiger partial charge in [-0.3, -0.25) is 14.4 Å². The van der Waals surface area contributed by atoms with Gasteiger partial charge in [0, 0.05) is 19.3 Å². The first-order valence-corrected chi connectivity index (χ1v) is 27.4. The van der Waals surface area contributed by atoms with Crippen molar-refractivity contribution >= 4 is 17.9 Å². The van der Waals surface area contributed by atoms with E-state index in [9.17, 15) is 14.4 Å². The molecule has 0 rings (SSSR count). The van der Waals surface area contributed by atoms with Crippen molar-refractivity contribution in [3.05, 3.63) is 72.9 Å². The first kappa shape index (κ1) is 61.9. The molecule has 6 heteroatoms. The van der Waals surface area contributed by atoms with Gasteiger partial charge in [0.05, 0.1) is 0 Å². The van der Waals surface area contributed by atoms with Gasteiger partial charge in [-0.25, -0.2) is 0 Å². The van der Waals surface area contributed by atoms with E-state index < -0.39 is 6.10 Å². The molecule has 0 spiro atoms. The second kappa shape index (κ2) is 53.5. The lowest BCUT2D eigenvalue weighted by Gasteiger charge is -2.18. The quantitative estimate of drug-likeness (QED) is 0.0262. The van der Waals surface area contributed by atoms with Gasteiger partial charge in [0.2, 0.25) is 0 Å². The first-order valence-electron chi connectivity index (χ1n) is 27.4. The Balaban J connectivity index is 4.42. The lowest BCUT2D eigenvalue weighted by atomic mass is 10.1. The Morgan fingerprint density at radius 2 is 0.554 bits per heavy atom. The molecule has 0 unspecified atom stereocenters. The third-order valence-corrected chi connectivity index (χ3v) is 11.7. The second-order valence-electron chi connectivity index (χ2n) is 18.1. The minimum atomic E-state index is -0.800. The standard InChI is InChI=1S/C59H102O6/c1-4-7-10-13-16-19-22-25-27-28-29-30-32-34-37-40-43-46-49-52-58(61)64-55-56(54-63-57(60)51-48-45-42-39-36-33-24-21-18-15-12-9-6-3)65-59(62)53-50-47-44-41-38-35-31-26-23-20-17-14-11-8-5-2/h16-17,19-21,24-27,31,38,41,56H,4-15,18,22-23,28-30,32-37,39-40,42-55H2,1-3H3/b19-16-,20-17-,24-21-,27-25-,31-26-,41-38-/t56-/m0/s1. The van der Waals surface area contributed by atoms with Crippen LogP contribution in [0.5, 0.6) is 0 Å². The van der Waals surface area contributed by atoms with Crippen LogP contribution in [0.4, 0.5) is 0 Å². The highest BCUT2D eigenvalue weighted by atomic mass is 16.6. The van der Waals surface area contributed by atoms with Crippen molar-refractivity contribution < 1.29 is 28.6 Å². The van der Waals surface area contributed by atoms with Crippen LogP contribution in [0.1, 0.15) is 265 Å². The summed E-state index contributed by atoms with van der Waals surface area (Å²) in [6.07, 6.45) is 67.4. The molecule has 0 amide bonds. The minimum absolute atomic E-state index is 0.0953. The van der Waals surface area contributed by atoms with E-state index in [2.05, 4.69) is 93.7 Å². The highest BCUT2D eigenvalue weighted by Gasteiger charge is 2.19. The highest BCUT2D eigenvalue weighted by molar-refractivity contribution is 5.71. The molecular formula is C59H102O6. The summed E-state index contributed by atoms with van der Waals surface area (Å²) in [6, 6.07) is 0. The van der Waals surface area contributed by atoms with Crippen LogP contribution in [0.3, 0.4) is 0 Å². The van der Waals surface area contributed by atoms with Crippen molar-refractivity contribution in [3.63, 3.8) is 0 Å². The zero-order valence-electron chi connectivity index (χ0n) is 42.7. The van der Waals surface area contributed by atoms with Gasteiger partial charge in [-0.1, -0.05) is 203 Å². The predicted octanol–water partition coefficient (Wildman–Crippen LogP) is 18.2. The van der Waals surface area contributed by atoms with Gasteiger partial charge in [0.25, 0.3) is 0 Å². The molecule has 0 aromatic carbocycles. The molecule has 0 aliphatic heterocycles. The maximum absolute atomic E-state index is 12.8. The second-order valence-corrected chi connectivity index (χ2v) is 18.1. The molecule has 65 heavy (non-hydrogen) atoms. The zero-order chi connectivity index (χ0) is 47.2. The normalized spacial score (nSPS) is 12.6. The fourth-order valence-corrected chi connectivity index (χ4v) is 7.47. The number of allylic oxidation sites excluding steroid dienone is 12. The number of esters is 3. The fraction of sp³-hybridized carbons (Fsp3) is 0.746. The molecule has 0 fully saturated rings. The van der Waals surface area contributed by atoms with Crippen LogP contribution >= 0.6 is 0 Å². The Hall–Kier alpha value is -3.15. The number of hydrogen-bond donors (Lipinski definition) is 0. The van der Waals surface area contributed by atoms with E-state index in [1.165, 1.54) is 141 Å². The molecule has 0 heterocycles. The summed E-state index contributed by atoms with van der Waals surface area (Å²) < 4.78 is 16.8. The van der Waals surface area contributed by atoms with Gasteiger partial charge < -0.3 is 14.2 Å². The van der Waals surface area contributed by atoms with Gasteiger partial charge in [0.1, 0.15) is 13.2 Å². The van der Waals surface area contributed by atoms with Crippen LogP contribution in [0, 0.1) is 0 Å². The average Bonchev–Trinajstić information content (AvgIpc) is 3.30. The molecule has 0 N–H and O–H groups in total. The molecule has 0 aromatic rings. The Morgan fingerprint density at radius 3 is 0.938 bits per heavy atom. The van der Waals surface area contributed by atoms with Crippen LogP contribution in [-0.4, -0.2) is 37.2 Å². The van der Waals surface area contributed by atoms with Crippen LogP contribution in [0.15, 0.2) is 72.9 Å². The highest BCUT2D eigenvalue weighted by Crippen LogP contribution is 2.14. The van der Waals surface area contributed by atoms with E-state index in [0.717, 1.165) is 77.0 Å². The summed E-state index contributed by atoms with van der Waals surface area (Å²) in [5, 5.41) is 0. The summed E-state index contributed by atoms with van der Waals surface area (Å²) in [7, 11) is 0. The Kier molecular flexibility index (Phi) is 50.9. The molecule has 0 aliphatic carbocycles. The van der Waals surface area contributed by atoms with Crippen LogP contribution in [0.25, 0.3) is 0 Å². The zero-order valence-corrected chi connectivity index (χ0v) is 42.7. The number of carbonyl (C=O) groups is 3. The number of carbonyl (C=O) groups excluding carboxylic acids is 3. The minimum Gasteiger partial charge on any atom is -0.462 e. The molecule has 0 radical (unpaired) electrons. The molecule has 1 atom stereocenters. The summed E-state index contributed by atoms with van der Waals surface area (Å²) in [4.78, 5) is 38.0. The number of unbranched alkanes of at least 4 members (excludes halogenated alkanes) is 26. The summed E-state index contributed by atoms with van der Waals surface area (Å²) in [5.74, 6) is -0.943. The SMILES string of the molecule is CCCCC/C=C\C/C=C\C/C=C\CCCCC(=O)O[C@@H](COC(=O)CCCCCCC/C=C\CCCCCC)COC(=O)CCCCCCCCCCC/C=C\C/C=C\CCCCC. The van der Waals surface area contributed by atoms with Crippen LogP contribution in [-0.2, 0) is 28.6 Å². The number of hydrogen-bond acceptors (Lipinski definition) is 6. The Morgan fingerprint density at radius 1 is 0.308 bits per heavy atom. The summed E-state index contributed by atoms with van der Waals surface area (Å²) in [6.45, 7) is 6.53. The third kappa shape index (κ3) is 51.7. The van der Waals surface area contributed by atoms with Crippen molar-refractivity contribution in [2.24, 2.45) is 0 Å². The Bertz CT molecular complexity index is 1230. The molecule has 0 aliphatic rings. The molecular weight excluding hydrogens is 805 g/mol. The van der Waals surface area contributed by atoms with Crippen molar-refractivity contribution in [2.75, 3.05) is 13.2 Å². The van der Waals surface area contributed by atoms with E-state index in [1.807, 2.05) is 0 Å². The molecule has 0 bridgehead atoms. The molecule has 0 saturated carbocycles. The maximum Gasteiger partial charge on any atom is 0.306 e. The average molecular weight is 907 g/mol. The van der Waals surface area contributed by atoms with E-state index >= 15 is 0 Å². The largest absolute Gasteiger partial charge is 0.462 e. The van der Waals surface area contributed by atoms with Gasteiger partial charge in [-0.15, -0.1) is 0 Å². The first-order chi connectivity index (χ1) is 32.0. The van der Waals surface area contributed by atoms with Crippen LogP contribution in [0.2, 0.25) is 0 Å². The van der Waals surface area contributed by atoms with Crippen molar-refractivity contribution in [1.82, 2.24) is 0 Å². The van der Waals surface area contributed by atoms with Crippen molar-refractivity contribution in [2.45, 2.75) is 271 Å². The van der Waals surface area contributed by atoms with E-state index in [0.29, 0.717) is 19.3 Å². The van der Waals surface area contributed by atoms with Gasteiger partial charge in [0.15, 0.2) is 6.10 Å². The summed E-state index contributed by atoms with van der Waals surface area (Å²) >= 11 is 0. The fourth-order valence-electron chi connectivity index (χ4n) is 7.47. The van der Waals surface area contributed by atoms with Gasteiger partial charge in [-0.2, -0.15) is 0 Å². The summed E-state index contributed by atoms with van der Waals surface area (Å²) in [5.41, 5.74) is 0. The number of rotatable bonds is 49. The molecule has 6 nitrogen and oxygen atoms in total. The maximum atomic E-state index is 12.8. The predicted molar refractivity (Wildman–Crippen MR) is 279 cm³/mol. The number of ether oxygens (including phenoxy) is 3. The smallest absolute Gasteiger partial charge is 0.306 e. The van der Waals surface area contributed by atoms with E-state index in [-0.39, 0.29) is 37.5 Å². The van der Waals surface area contributed by atoms with Crippen molar-refractivity contribution in [1.29, 1.82) is 0 Å². The van der Waals surface area contributed by atoms with Crippen molar-refractivity contribution in [3.8, 4) is 0 Å². The lowest BCUT2D eigenvalue weighted by Crippen LogP contribution is -2.30. The van der Waals surface area contributed by atoms with E-state index in [4.69, 9.17) is 14.2 Å². The van der Waals surface area contributed by atoms with Gasteiger partial charge >= 0.3 is 17.9 Å². The van der Waals surface area contributed by atoms with Gasteiger partial charge in [-0.05, 0) is 116 Å². The third-order valence-electron chi connectivity index (χ3n) is 11.7. The molecule has 0 saturated heterocycles. The monoisotopic (exact) mass is 907 g/mol. The van der Waals surface area contributed by atoms with Crippen LogP contribution < -0.4 is 0 Å². The lowest BCUT2D eigenvalue weighted by molar-refractivity contribution is -0.167. The van der Waals surface area contributed by atoms with E-state index in [1.54, 1.807) is 0 Å². The Labute approximate surface area is 402 Å². The topological polar surface area (TPSA) is 78.9 Å². The molecule has 374 valence electrons.